The van der Waals surface area contributed by atoms with Gasteiger partial charge in [0, 0.05) is 9.75 Å². The van der Waals surface area contributed by atoms with E-state index in [2.05, 4.69) is 24.5 Å². The highest BCUT2D eigenvalue weighted by molar-refractivity contribution is 7.10. The molecule has 2 heterocycles. The molecule has 2 aromatic heterocycles. The van der Waals surface area contributed by atoms with Crippen molar-refractivity contribution in [3.8, 4) is 0 Å². The zero-order valence-corrected chi connectivity index (χ0v) is 15.5. The minimum Gasteiger partial charge on any atom is -0.352 e. The number of nitrogens with two attached hydrogens (primary N) is 1. The number of rotatable bonds is 8. The fourth-order valence-electron chi connectivity index (χ4n) is 2.53. The van der Waals surface area contributed by atoms with E-state index < -0.39 is 12.1 Å². The van der Waals surface area contributed by atoms with Gasteiger partial charge in [-0.05, 0) is 35.2 Å². The van der Waals surface area contributed by atoms with Crippen LogP contribution in [-0.4, -0.2) is 11.9 Å². The lowest BCUT2D eigenvalue weighted by Crippen LogP contribution is -2.37. The molecule has 0 unspecified atom stereocenters. The van der Waals surface area contributed by atoms with Gasteiger partial charge in [-0.25, -0.2) is 4.79 Å². The van der Waals surface area contributed by atoms with Crippen molar-refractivity contribution in [1.82, 2.24) is 10.6 Å². The van der Waals surface area contributed by atoms with Gasteiger partial charge in [-0.15, -0.1) is 22.7 Å². The Balaban J connectivity index is 2.04. The van der Waals surface area contributed by atoms with Gasteiger partial charge in [0.1, 0.15) is 0 Å². The summed E-state index contributed by atoms with van der Waals surface area (Å²) in [6, 6.07) is 6.78. The fraction of sp³-hybridized carbons (Fsp3) is 0.412. The molecule has 5 nitrogen and oxygen atoms in total. The molecule has 0 aromatic carbocycles. The summed E-state index contributed by atoms with van der Waals surface area (Å²) in [5.41, 5.74) is 5.24. The molecule has 0 aliphatic heterocycles. The van der Waals surface area contributed by atoms with Crippen LogP contribution in [0.1, 0.15) is 48.5 Å². The highest BCUT2D eigenvalue weighted by Gasteiger charge is 2.22. The van der Waals surface area contributed by atoms with Crippen molar-refractivity contribution in [2.24, 2.45) is 11.7 Å². The van der Waals surface area contributed by atoms with Crippen molar-refractivity contribution in [3.63, 3.8) is 0 Å². The maximum atomic E-state index is 12.5. The highest BCUT2D eigenvalue weighted by atomic mass is 32.1. The third kappa shape index (κ3) is 5.65. The van der Waals surface area contributed by atoms with Crippen LogP contribution in [0.3, 0.4) is 0 Å². The lowest BCUT2D eigenvalue weighted by Gasteiger charge is -2.22. The molecule has 2 atom stereocenters. The van der Waals surface area contributed by atoms with Crippen molar-refractivity contribution in [3.05, 3.63) is 44.8 Å². The molecule has 24 heavy (non-hydrogen) atoms. The number of carbonyl (C=O) groups excluding carboxylic acids is 2. The van der Waals surface area contributed by atoms with E-state index >= 15 is 0 Å². The minimum absolute atomic E-state index is 0.00457. The first-order chi connectivity index (χ1) is 11.5. The standard InChI is InChI=1S/C17H23N3O2S2/c1-11(2)9-12(14-5-3-7-23-14)19-16(21)10-13(20-17(18)22)15-6-4-8-24-15/h3-8,11-13H,9-10H2,1-2H3,(H,19,21)(H3,18,20,22)/t12-,13-/m0/s1. The monoisotopic (exact) mass is 365 g/mol. The molecule has 0 bridgehead atoms. The van der Waals surface area contributed by atoms with Crippen LogP contribution in [0.25, 0.3) is 0 Å². The Kier molecular flexibility index (Phi) is 6.81. The third-order valence-corrected chi connectivity index (χ3v) is 5.49. The maximum Gasteiger partial charge on any atom is 0.312 e. The number of primary amides is 1. The quantitative estimate of drug-likeness (QED) is 0.664. The number of carbonyl (C=O) groups is 2. The van der Waals surface area contributed by atoms with E-state index in [1.165, 1.54) is 11.3 Å². The summed E-state index contributed by atoms with van der Waals surface area (Å²) in [6.07, 6.45) is 1.04. The van der Waals surface area contributed by atoms with Crippen LogP contribution in [0.15, 0.2) is 35.0 Å². The molecule has 130 valence electrons. The van der Waals surface area contributed by atoms with E-state index in [4.69, 9.17) is 5.73 Å². The van der Waals surface area contributed by atoms with Crippen LogP contribution in [-0.2, 0) is 4.79 Å². The molecule has 0 fully saturated rings. The van der Waals surface area contributed by atoms with Gasteiger partial charge in [-0.1, -0.05) is 26.0 Å². The normalized spacial score (nSPS) is 13.5. The Morgan fingerprint density at radius 3 is 2.08 bits per heavy atom. The molecule has 0 spiro atoms. The number of amides is 3. The van der Waals surface area contributed by atoms with Gasteiger partial charge in [-0.3, -0.25) is 4.79 Å². The number of hydrogen-bond acceptors (Lipinski definition) is 4. The van der Waals surface area contributed by atoms with E-state index in [0.717, 1.165) is 16.2 Å². The molecule has 4 N–H and O–H groups in total. The molecule has 0 saturated heterocycles. The zero-order chi connectivity index (χ0) is 17.5. The Labute approximate surface area is 150 Å². The van der Waals surface area contributed by atoms with Crippen LogP contribution >= 0.6 is 22.7 Å². The van der Waals surface area contributed by atoms with Gasteiger partial charge in [-0.2, -0.15) is 0 Å². The first kappa shape index (κ1) is 18.5. The average molecular weight is 366 g/mol. The van der Waals surface area contributed by atoms with E-state index in [0.29, 0.717) is 5.92 Å². The van der Waals surface area contributed by atoms with Crippen molar-refractivity contribution < 1.29 is 9.59 Å². The maximum absolute atomic E-state index is 12.5. The largest absolute Gasteiger partial charge is 0.352 e. The summed E-state index contributed by atoms with van der Waals surface area (Å²) in [4.78, 5) is 25.8. The smallest absolute Gasteiger partial charge is 0.312 e. The molecule has 7 heteroatoms. The van der Waals surface area contributed by atoms with Gasteiger partial charge in [0.25, 0.3) is 0 Å². The second-order valence-electron chi connectivity index (χ2n) is 6.05. The van der Waals surface area contributed by atoms with Crippen molar-refractivity contribution >= 4 is 34.6 Å². The van der Waals surface area contributed by atoms with Crippen LogP contribution in [0, 0.1) is 5.92 Å². The first-order valence-electron chi connectivity index (χ1n) is 7.87. The number of nitrogens with one attached hydrogen (secondary N) is 2. The lowest BCUT2D eigenvalue weighted by atomic mass is 10.0. The Bertz CT molecular complexity index is 639. The number of urea groups is 1. The van der Waals surface area contributed by atoms with Crippen molar-refractivity contribution in [2.45, 2.75) is 38.8 Å². The summed E-state index contributed by atoms with van der Waals surface area (Å²) in [7, 11) is 0. The minimum atomic E-state index is -0.627. The fourth-order valence-corrected chi connectivity index (χ4v) is 4.10. The first-order valence-corrected chi connectivity index (χ1v) is 9.63. The Morgan fingerprint density at radius 1 is 1.04 bits per heavy atom. The third-order valence-electron chi connectivity index (χ3n) is 3.52. The van der Waals surface area contributed by atoms with Crippen molar-refractivity contribution in [1.29, 1.82) is 0 Å². The zero-order valence-electron chi connectivity index (χ0n) is 13.8. The molecule has 0 aliphatic rings. The molecule has 2 aromatic rings. The van der Waals surface area contributed by atoms with Crippen LogP contribution in [0.5, 0.6) is 0 Å². The Morgan fingerprint density at radius 2 is 1.62 bits per heavy atom. The predicted octanol–water partition coefficient (Wildman–Crippen LogP) is 3.81. The molecule has 0 saturated carbocycles. The summed E-state index contributed by atoms with van der Waals surface area (Å²) in [5, 5.41) is 9.68. The van der Waals surface area contributed by atoms with Gasteiger partial charge in [0.05, 0.1) is 18.5 Å². The summed E-state index contributed by atoms with van der Waals surface area (Å²) < 4.78 is 0. The van der Waals surface area contributed by atoms with Gasteiger partial charge in [0.2, 0.25) is 5.91 Å². The lowest BCUT2D eigenvalue weighted by molar-refractivity contribution is -0.122. The predicted molar refractivity (Wildman–Crippen MR) is 99.1 cm³/mol. The topological polar surface area (TPSA) is 84.2 Å². The molecule has 0 aliphatic carbocycles. The van der Waals surface area contributed by atoms with Gasteiger partial charge >= 0.3 is 6.03 Å². The highest BCUT2D eigenvalue weighted by Crippen LogP contribution is 2.27. The molecule has 3 amide bonds. The second-order valence-corrected chi connectivity index (χ2v) is 8.00. The van der Waals surface area contributed by atoms with Crippen LogP contribution in [0.4, 0.5) is 4.79 Å². The molecular formula is C17H23N3O2S2. The summed E-state index contributed by atoms with van der Waals surface area (Å²) in [5.74, 6) is 0.371. The van der Waals surface area contributed by atoms with Gasteiger partial charge in [0.15, 0.2) is 0 Å². The van der Waals surface area contributed by atoms with Gasteiger partial charge < -0.3 is 16.4 Å². The van der Waals surface area contributed by atoms with E-state index in [1.54, 1.807) is 11.3 Å². The van der Waals surface area contributed by atoms with Crippen molar-refractivity contribution in [2.75, 3.05) is 0 Å². The Hall–Kier alpha value is -1.86. The molecular weight excluding hydrogens is 342 g/mol. The SMILES string of the molecule is CC(C)C[C@H](NC(=O)C[C@H](NC(N)=O)c1cccs1)c1cccs1. The number of hydrogen-bond donors (Lipinski definition) is 3. The summed E-state index contributed by atoms with van der Waals surface area (Å²) in [6.45, 7) is 4.27. The molecule has 0 radical (unpaired) electrons. The van der Waals surface area contributed by atoms with Crippen LogP contribution < -0.4 is 16.4 Å². The van der Waals surface area contributed by atoms with E-state index in [-0.39, 0.29) is 18.4 Å². The second kappa shape index (κ2) is 8.84. The number of thiophene rings is 2. The van der Waals surface area contributed by atoms with E-state index in [1.807, 2.05) is 35.0 Å². The van der Waals surface area contributed by atoms with Crippen LogP contribution in [0.2, 0.25) is 0 Å². The van der Waals surface area contributed by atoms with E-state index in [9.17, 15) is 9.59 Å². The summed E-state index contributed by atoms with van der Waals surface area (Å²) >= 11 is 3.13. The average Bonchev–Trinajstić information content (AvgIpc) is 3.18. The molecule has 2 rings (SSSR count).